The highest BCUT2D eigenvalue weighted by Gasteiger charge is 2.41. The summed E-state index contributed by atoms with van der Waals surface area (Å²) in [6.07, 6.45) is 12.7. The van der Waals surface area contributed by atoms with Crippen molar-refractivity contribution in [2.24, 2.45) is 0 Å². The molecule has 3 rings (SSSR count). The van der Waals surface area contributed by atoms with Gasteiger partial charge in [-0.1, -0.05) is 35.2 Å². The Morgan fingerprint density at radius 2 is 1.89 bits per heavy atom. The minimum Gasteiger partial charge on any atom is -0.370 e. The lowest BCUT2D eigenvalue weighted by molar-refractivity contribution is -0.0721. The van der Waals surface area contributed by atoms with E-state index in [-0.39, 0.29) is 0 Å². The molecule has 0 aromatic rings. The van der Waals surface area contributed by atoms with E-state index in [9.17, 15) is 0 Å². The first-order chi connectivity index (χ1) is 8.81. The van der Waals surface area contributed by atoms with Gasteiger partial charge in [-0.3, -0.25) is 4.90 Å². The maximum absolute atomic E-state index is 6.49. The summed E-state index contributed by atoms with van der Waals surface area (Å²) in [6.45, 7) is 2.46. The summed E-state index contributed by atoms with van der Waals surface area (Å²) in [5.74, 6) is 0. The number of nitrogens with zero attached hydrogens (tertiary/aromatic N) is 1. The highest BCUT2D eigenvalue weighted by atomic mass is 79.9. The highest BCUT2D eigenvalue weighted by Crippen LogP contribution is 2.42. The molecule has 0 amide bonds. The lowest BCUT2D eigenvalue weighted by atomic mass is 9.83. The lowest BCUT2D eigenvalue weighted by Gasteiger charge is -2.34. The Morgan fingerprint density at radius 1 is 1.06 bits per heavy atom. The standard InChI is InChI=1S/C15H26BrNO/c16-11-13-5-4-10-17(13)12-14-6-9-15(18-14)7-2-1-3-8-15/h13-14H,1-12H2. The molecule has 2 nitrogen and oxygen atoms in total. The lowest BCUT2D eigenvalue weighted by Crippen LogP contribution is -2.39. The van der Waals surface area contributed by atoms with Gasteiger partial charge < -0.3 is 4.74 Å². The maximum Gasteiger partial charge on any atom is 0.0710 e. The molecule has 3 heteroatoms. The Hall–Kier alpha value is 0.400. The van der Waals surface area contributed by atoms with E-state index in [0.29, 0.717) is 11.7 Å². The summed E-state index contributed by atoms with van der Waals surface area (Å²) in [5.41, 5.74) is 0.298. The predicted octanol–water partition coefficient (Wildman–Crippen LogP) is 3.73. The topological polar surface area (TPSA) is 12.5 Å². The van der Waals surface area contributed by atoms with Crippen molar-refractivity contribution in [3.8, 4) is 0 Å². The van der Waals surface area contributed by atoms with Crippen LogP contribution in [-0.4, -0.2) is 41.1 Å². The van der Waals surface area contributed by atoms with Gasteiger partial charge in [0.05, 0.1) is 11.7 Å². The van der Waals surface area contributed by atoms with Crippen molar-refractivity contribution >= 4 is 15.9 Å². The molecule has 2 heterocycles. The zero-order chi connectivity index (χ0) is 12.4. The number of halogens is 1. The molecule has 2 aliphatic heterocycles. The van der Waals surface area contributed by atoms with Crippen LogP contribution in [0.3, 0.4) is 0 Å². The van der Waals surface area contributed by atoms with E-state index in [0.717, 1.165) is 11.4 Å². The van der Waals surface area contributed by atoms with E-state index in [1.54, 1.807) is 0 Å². The number of alkyl halides is 1. The van der Waals surface area contributed by atoms with Crippen molar-refractivity contribution < 1.29 is 4.74 Å². The average molecular weight is 316 g/mol. The van der Waals surface area contributed by atoms with E-state index in [1.165, 1.54) is 70.9 Å². The number of ether oxygens (including phenoxy) is 1. The van der Waals surface area contributed by atoms with Gasteiger partial charge in [-0.05, 0) is 45.1 Å². The van der Waals surface area contributed by atoms with E-state index in [1.807, 2.05) is 0 Å². The van der Waals surface area contributed by atoms with E-state index < -0.39 is 0 Å². The molecule has 104 valence electrons. The fraction of sp³-hybridized carbons (Fsp3) is 1.00. The SMILES string of the molecule is BrCC1CCCN1CC1CCC2(CCCCC2)O1. The largest absolute Gasteiger partial charge is 0.370 e. The summed E-state index contributed by atoms with van der Waals surface area (Å²) in [5, 5.41) is 1.13. The summed E-state index contributed by atoms with van der Waals surface area (Å²) in [6, 6.07) is 0.761. The van der Waals surface area contributed by atoms with Crippen molar-refractivity contribution in [1.29, 1.82) is 0 Å². The number of rotatable bonds is 3. The fourth-order valence-corrected chi connectivity index (χ4v) is 4.89. The minimum absolute atomic E-state index is 0.298. The average Bonchev–Trinajstić information content (AvgIpc) is 2.99. The van der Waals surface area contributed by atoms with Gasteiger partial charge in [0.1, 0.15) is 0 Å². The second-order valence-corrected chi connectivity index (χ2v) is 7.11. The molecular weight excluding hydrogens is 290 g/mol. The third kappa shape index (κ3) is 2.78. The van der Waals surface area contributed by atoms with Crippen LogP contribution < -0.4 is 0 Å². The first-order valence-corrected chi connectivity index (χ1v) is 8.91. The van der Waals surface area contributed by atoms with Crippen LogP contribution in [0.4, 0.5) is 0 Å². The molecule has 1 spiro atoms. The van der Waals surface area contributed by atoms with Crippen LogP contribution in [0.25, 0.3) is 0 Å². The Balaban J connectivity index is 1.52. The zero-order valence-electron chi connectivity index (χ0n) is 11.4. The molecule has 0 N–H and O–H groups in total. The molecule has 2 unspecified atom stereocenters. The Bertz CT molecular complexity index is 278. The molecule has 3 fully saturated rings. The smallest absolute Gasteiger partial charge is 0.0710 e. The van der Waals surface area contributed by atoms with Gasteiger partial charge in [0.25, 0.3) is 0 Å². The summed E-state index contributed by atoms with van der Waals surface area (Å²) in [4.78, 5) is 2.65. The zero-order valence-corrected chi connectivity index (χ0v) is 13.0. The van der Waals surface area contributed by atoms with Crippen LogP contribution in [-0.2, 0) is 4.74 Å². The van der Waals surface area contributed by atoms with Gasteiger partial charge >= 0.3 is 0 Å². The van der Waals surface area contributed by atoms with Gasteiger partial charge in [0, 0.05) is 17.9 Å². The van der Waals surface area contributed by atoms with Crippen molar-refractivity contribution in [2.75, 3.05) is 18.4 Å². The van der Waals surface area contributed by atoms with Gasteiger partial charge in [-0.15, -0.1) is 0 Å². The molecule has 0 aromatic heterocycles. The van der Waals surface area contributed by atoms with Crippen molar-refractivity contribution in [3.05, 3.63) is 0 Å². The molecule has 2 atom stereocenters. The van der Waals surface area contributed by atoms with Gasteiger partial charge in [-0.2, -0.15) is 0 Å². The first-order valence-electron chi connectivity index (χ1n) is 7.79. The van der Waals surface area contributed by atoms with Crippen molar-refractivity contribution in [2.45, 2.75) is 75.5 Å². The molecule has 1 aliphatic carbocycles. The Labute approximate surface area is 120 Å². The third-order valence-corrected chi connectivity index (χ3v) is 5.97. The molecule has 2 saturated heterocycles. The molecular formula is C15H26BrNO. The third-order valence-electron chi connectivity index (χ3n) is 5.22. The summed E-state index contributed by atoms with van der Waals surface area (Å²) in [7, 11) is 0. The Kier molecular flexibility index (Phi) is 4.32. The van der Waals surface area contributed by atoms with Crippen LogP contribution in [0.2, 0.25) is 0 Å². The second-order valence-electron chi connectivity index (χ2n) is 6.47. The molecule has 3 aliphatic rings. The molecule has 0 aromatic carbocycles. The number of hydrogen-bond donors (Lipinski definition) is 0. The van der Waals surface area contributed by atoms with E-state index >= 15 is 0 Å². The number of hydrogen-bond acceptors (Lipinski definition) is 2. The van der Waals surface area contributed by atoms with Gasteiger partial charge in [0.2, 0.25) is 0 Å². The predicted molar refractivity (Wildman–Crippen MR) is 78.3 cm³/mol. The van der Waals surface area contributed by atoms with Gasteiger partial charge in [-0.25, -0.2) is 0 Å². The van der Waals surface area contributed by atoms with Crippen molar-refractivity contribution in [3.63, 3.8) is 0 Å². The molecule has 1 saturated carbocycles. The monoisotopic (exact) mass is 315 g/mol. The fourth-order valence-electron chi connectivity index (χ4n) is 4.16. The van der Waals surface area contributed by atoms with Crippen molar-refractivity contribution in [1.82, 2.24) is 4.90 Å². The quantitative estimate of drug-likeness (QED) is 0.736. The van der Waals surface area contributed by atoms with E-state index in [4.69, 9.17) is 4.74 Å². The van der Waals surface area contributed by atoms with Crippen LogP contribution in [0.15, 0.2) is 0 Å². The molecule has 0 radical (unpaired) electrons. The maximum atomic E-state index is 6.49. The highest BCUT2D eigenvalue weighted by molar-refractivity contribution is 9.09. The summed E-state index contributed by atoms with van der Waals surface area (Å²) >= 11 is 3.65. The van der Waals surface area contributed by atoms with Crippen LogP contribution >= 0.6 is 15.9 Å². The van der Waals surface area contributed by atoms with Gasteiger partial charge in [0.15, 0.2) is 0 Å². The normalized spacial score (nSPS) is 36.5. The Morgan fingerprint density at radius 3 is 2.67 bits per heavy atom. The minimum atomic E-state index is 0.298. The van der Waals surface area contributed by atoms with Crippen LogP contribution in [0.1, 0.15) is 57.8 Å². The van der Waals surface area contributed by atoms with Crippen LogP contribution in [0, 0.1) is 0 Å². The molecule has 0 bridgehead atoms. The second kappa shape index (κ2) is 5.80. The number of likely N-dealkylation sites (tertiary alicyclic amines) is 1. The first kappa shape index (κ1) is 13.4. The summed E-state index contributed by atoms with van der Waals surface area (Å²) < 4.78 is 6.49. The van der Waals surface area contributed by atoms with Crippen LogP contribution in [0.5, 0.6) is 0 Å². The van der Waals surface area contributed by atoms with E-state index in [2.05, 4.69) is 20.8 Å². The molecule has 18 heavy (non-hydrogen) atoms.